The first-order chi connectivity index (χ1) is 8.79. The molecule has 1 saturated heterocycles. The van der Waals surface area contributed by atoms with Crippen molar-refractivity contribution in [3.63, 3.8) is 0 Å². The normalized spacial score (nSPS) is 24.8. The van der Waals surface area contributed by atoms with Gasteiger partial charge in [0, 0.05) is 26.1 Å². The average molecular weight is 252 g/mol. The van der Waals surface area contributed by atoms with E-state index >= 15 is 0 Å². The summed E-state index contributed by atoms with van der Waals surface area (Å²) >= 11 is 0. The molecule has 1 amide bonds. The minimum atomic E-state index is 0.146. The largest absolute Gasteiger partial charge is 0.373 e. The molecule has 1 aliphatic carbocycles. The van der Waals surface area contributed by atoms with Crippen LogP contribution in [0.5, 0.6) is 0 Å². The van der Waals surface area contributed by atoms with Gasteiger partial charge in [-0.2, -0.15) is 0 Å². The maximum absolute atomic E-state index is 12.2. The maximum Gasteiger partial charge on any atom is 0.226 e. The highest BCUT2D eigenvalue weighted by Gasteiger charge is 2.24. The number of allylic oxidation sites excluding steroid dienone is 1. The number of carbonyl (C=O) groups excluding carboxylic acids is 1. The lowest BCUT2D eigenvalue weighted by Crippen LogP contribution is -2.48. The maximum atomic E-state index is 12.2. The summed E-state index contributed by atoms with van der Waals surface area (Å²) in [5.74, 6) is 0.271. The standard InChI is InChI=1S/C14H24N2O2/c1-15-10-13-11-16(7-8-18-13)14(17)9-12-5-3-2-4-6-12/h5,13,15H,2-4,6-11H2,1H3. The van der Waals surface area contributed by atoms with Crippen molar-refractivity contribution in [3.8, 4) is 0 Å². The molecule has 102 valence electrons. The Balaban J connectivity index is 1.82. The Bertz CT molecular complexity index is 313. The molecule has 0 spiro atoms. The van der Waals surface area contributed by atoms with E-state index in [-0.39, 0.29) is 12.0 Å². The third kappa shape index (κ3) is 3.82. The number of amides is 1. The zero-order valence-electron chi connectivity index (χ0n) is 11.3. The summed E-state index contributed by atoms with van der Waals surface area (Å²) in [5, 5.41) is 3.10. The second-order valence-corrected chi connectivity index (χ2v) is 5.18. The fourth-order valence-corrected chi connectivity index (χ4v) is 2.67. The zero-order chi connectivity index (χ0) is 12.8. The predicted octanol–water partition coefficient (Wildman–Crippen LogP) is 1.32. The summed E-state index contributed by atoms with van der Waals surface area (Å²) in [4.78, 5) is 14.2. The molecule has 4 heteroatoms. The fraction of sp³-hybridized carbons (Fsp3) is 0.786. The second kappa shape index (κ2) is 6.90. The zero-order valence-corrected chi connectivity index (χ0v) is 11.3. The molecule has 0 aromatic carbocycles. The predicted molar refractivity (Wildman–Crippen MR) is 71.4 cm³/mol. The third-order valence-corrected chi connectivity index (χ3v) is 3.69. The van der Waals surface area contributed by atoms with Crippen LogP contribution >= 0.6 is 0 Å². The molecule has 1 heterocycles. The van der Waals surface area contributed by atoms with Gasteiger partial charge in [0.1, 0.15) is 0 Å². The van der Waals surface area contributed by atoms with E-state index in [1.54, 1.807) is 0 Å². The number of morpholine rings is 1. The van der Waals surface area contributed by atoms with E-state index < -0.39 is 0 Å². The molecule has 2 aliphatic rings. The van der Waals surface area contributed by atoms with Gasteiger partial charge in [0.2, 0.25) is 5.91 Å². The first kappa shape index (κ1) is 13.6. The van der Waals surface area contributed by atoms with Gasteiger partial charge in [0.15, 0.2) is 0 Å². The Morgan fingerprint density at radius 3 is 3.17 bits per heavy atom. The van der Waals surface area contributed by atoms with E-state index in [2.05, 4.69) is 11.4 Å². The molecule has 0 bridgehead atoms. The minimum absolute atomic E-state index is 0.146. The van der Waals surface area contributed by atoms with Crippen molar-refractivity contribution >= 4 is 5.91 Å². The Labute approximate surface area is 109 Å². The lowest BCUT2D eigenvalue weighted by Gasteiger charge is -2.33. The van der Waals surface area contributed by atoms with Crippen LogP contribution in [-0.2, 0) is 9.53 Å². The van der Waals surface area contributed by atoms with Crippen molar-refractivity contribution in [2.45, 2.75) is 38.2 Å². The Morgan fingerprint density at radius 1 is 1.56 bits per heavy atom. The summed E-state index contributed by atoms with van der Waals surface area (Å²) in [6.45, 7) is 2.95. The number of nitrogens with zero attached hydrogens (tertiary/aromatic N) is 1. The van der Waals surface area contributed by atoms with Gasteiger partial charge >= 0.3 is 0 Å². The van der Waals surface area contributed by atoms with Gasteiger partial charge in [-0.05, 0) is 32.7 Å². The molecular formula is C14H24N2O2. The van der Waals surface area contributed by atoms with Gasteiger partial charge in [-0.25, -0.2) is 0 Å². The molecule has 18 heavy (non-hydrogen) atoms. The number of nitrogens with one attached hydrogen (secondary N) is 1. The molecular weight excluding hydrogens is 228 g/mol. The highest BCUT2D eigenvalue weighted by atomic mass is 16.5. The number of ether oxygens (including phenoxy) is 1. The van der Waals surface area contributed by atoms with Gasteiger partial charge in [0.25, 0.3) is 0 Å². The van der Waals surface area contributed by atoms with Gasteiger partial charge in [0.05, 0.1) is 12.7 Å². The summed E-state index contributed by atoms with van der Waals surface area (Å²) in [7, 11) is 1.91. The highest BCUT2D eigenvalue weighted by molar-refractivity contribution is 5.78. The molecule has 1 unspecified atom stereocenters. The van der Waals surface area contributed by atoms with Crippen LogP contribution in [0.2, 0.25) is 0 Å². The first-order valence-corrected chi connectivity index (χ1v) is 7.01. The molecule has 0 radical (unpaired) electrons. The van der Waals surface area contributed by atoms with Crippen LogP contribution in [-0.4, -0.2) is 50.2 Å². The summed E-state index contributed by atoms with van der Waals surface area (Å²) in [6.07, 6.45) is 7.79. The van der Waals surface area contributed by atoms with E-state index in [1.165, 1.54) is 18.4 Å². The number of rotatable bonds is 4. The topological polar surface area (TPSA) is 41.6 Å². The fourth-order valence-electron chi connectivity index (χ4n) is 2.67. The number of likely N-dealkylation sites (N-methyl/N-ethyl adjacent to an activating group) is 1. The first-order valence-electron chi connectivity index (χ1n) is 7.01. The number of hydrogen-bond acceptors (Lipinski definition) is 3. The quantitative estimate of drug-likeness (QED) is 0.767. The van der Waals surface area contributed by atoms with E-state index in [4.69, 9.17) is 4.74 Å². The van der Waals surface area contributed by atoms with Crippen LogP contribution in [0.1, 0.15) is 32.1 Å². The van der Waals surface area contributed by atoms with Crippen LogP contribution in [0.3, 0.4) is 0 Å². The Hall–Kier alpha value is -0.870. The molecule has 0 saturated carbocycles. The Kier molecular flexibility index (Phi) is 5.20. The van der Waals surface area contributed by atoms with Crippen molar-refractivity contribution in [2.24, 2.45) is 0 Å². The number of carbonyl (C=O) groups is 1. The molecule has 0 aromatic heterocycles. The number of hydrogen-bond donors (Lipinski definition) is 1. The van der Waals surface area contributed by atoms with Crippen LogP contribution < -0.4 is 5.32 Å². The van der Waals surface area contributed by atoms with E-state index in [9.17, 15) is 4.79 Å². The average Bonchev–Trinajstić information content (AvgIpc) is 2.40. The van der Waals surface area contributed by atoms with Gasteiger partial charge in [-0.1, -0.05) is 11.6 Å². The van der Waals surface area contributed by atoms with Crippen molar-refractivity contribution in [3.05, 3.63) is 11.6 Å². The van der Waals surface area contributed by atoms with Crippen molar-refractivity contribution in [1.29, 1.82) is 0 Å². The van der Waals surface area contributed by atoms with Gasteiger partial charge in [-0.3, -0.25) is 4.79 Å². The molecule has 2 rings (SSSR count). The summed E-state index contributed by atoms with van der Waals surface area (Å²) in [5.41, 5.74) is 1.34. The molecule has 4 nitrogen and oxygen atoms in total. The van der Waals surface area contributed by atoms with Crippen molar-refractivity contribution in [1.82, 2.24) is 10.2 Å². The summed E-state index contributed by atoms with van der Waals surface area (Å²) < 4.78 is 5.62. The van der Waals surface area contributed by atoms with E-state index in [0.29, 0.717) is 13.0 Å². The van der Waals surface area contributed by atoms with E-state index in [1.807, 2.05) is 11.9 Å². The summed E-state index contributed by atoms with van der Waals surface area (Å²) in [6, 6.07) is 0. The molecule has 1 N–H and O–H groups in total. The van der Waals surface area contributed by atoms with Gasteiger partial charge in [-0.15, -0.1) is 0 Å². The highest BCUT2D eigenvalue weighted by Crippen LogP contribution is 2.21. The monoisotopic (exact) mass is 252 g/mol. The van der Waals surface area contributed by atoms with Crippen LogP contribution in [0, 0.1) is 0 Å². The Morgan fingerprint density at radius 2 is 2.44 bits per heavy atom. The van der Waals surface area contributed by atoms with Crippen LogP contribution in [0.15, 0.2) is 11.6 Å². The minimum Gasteiger partial charge on any atom is -0.373 e. The molecule has 0 aromatic rings. The third-order valence-electron chi connectivity index (χ3n) is 3.69. The second-order valence-electron chi connectivity index (χ2n) is 5.18. The smallest absolute Gasteiger partial charge is 0.226 e. The molecule has 1 aliphatic heterocycles. The lowest BCUT2D eigenvalue weighted by molar-refractivity contribution is -0.137. The van der Waals surface area contributed by atoms with Crippen LogP contribution in [0.25, 0.3) is 0 Å². The van der Waals surface area contributed by atoms with E-state index in [0.717, 1.165) is 32.5 Å². The van der Waals surface area contributed by atoms with Crippen molar-refractivity contribution in [2.75, 3.05) is 33.3 Å². The molecule has 1 fully saturated rings. The van der Waals surface area contributed by atoms with Crippen LogP contribution in [0.4, 0.5) is 0 Å². The lowest BCUT2D eigenvalue weighted by atomic mass is 9.97. The van der Waals surface area contributed by atoms with Gasteiger partial charge < -0.3 is 15.0 Å². The van der Waals surface area contributed by atoms with Crippen molar-refractivity contribution < 1.29 is 9.53 Å². The SMILES string of the molecule is CNCC1CN(C(=O)CC2=CCCCC2)CCO1. The molecule has 1 atom stereocenters.